The van der Waals surface area contributed by atoms with Crippen LogP contribution in [0.4, 0.5) is 13.2 Å². The zero-order valence-corrected chi connectivity index (χ0v) is 16.6. The third-order valence-corrected chi connectivity index (χ3v) is 5.34. The normalized spacial score (nSPS) is 20.3. The van der Waals surface area contributed by atoms with E-state index >= 15 is 0 Å². The van der Waals surface area contributed by atoms with Crippen LogP contribution in [0, 0.1) is 0 Å². The first-order valence-electron chi connectivity index (χ1n) is 9.99. The second-order valence-corrected chi connectivity index (χ2v) is 7.47. The predicted molar refractivity (Wildman–Crippen MR) is 108 cm³/mol. The molecule has 1 heterocycles. The van der Waals surface area contributed by atoms with Crippen molar-refractivity contribution in [1.29, 1.82) is 0 Å². The highest BCUT2D eigenvalue weighted by molar-refractivity contribution is 5.80. The number of rotatable bonds is 6. The summed E-state index contributed by atoms with van der Waals surface area (Å²) in [6.45, 7) is 1.44. The molecule has 0 aromatic heterocycles. The molecule has 2 aromatic rings. The van der Waals surface area contributed by atoms with Crippen molar-refractivity contribution in [2.45, 2.75) is 37.6 Å². The summed E-state index contributed by atoms with van der Waals surface area (Å²) in [5.41, 5.74) is 3.03. The summed E-state index contributed by atoms with van der Waals surface area (Å²) in [6, 6.07) is 12.6. The number of aliphatic imine (C=N–C) groups is 1. The van der Waals surface area contributed by atoms with Gasteiger partial charge in [-0.15, -0.1) is 13.2 Å². The smallest absolute Gasteiger partial charge is 0.493 e. The van der Waals surface area contributed by atoms with Crippen LogP contribution in [0.5, 0.6) is 11.5 Å². The van der Waals surface area contributed by atoms with E-state index in [2.05, 4.69) is 32.5 Å². The van der Waals surface area contributed by atoms with E-state index in [1.165, 1.54) is 17.2 Å². The van der Waals surface area contributed by atoms with E-state index in [-0.39, 0.29) is 17.7 Å². The van der Waals surface area contributed by atoms with Gasteiger partial charge in [0.05, 0.1) is 6.61 Å². The van der Waals surface area contributed by atoms with Crippen LogP contribution in [0.2, 0.25) is 0 Å². The summed E-state index contributed by atoms with van der Waals surface area (Å²) in [5, 5.41) is 6.57. The van der Waals surface area contributed by atoms with Gasteiger partial charge in [0.25, 0.3) is 0 Å². The minimum absolute atomic E-state index is 0.0197. The number of para-hydroxylation sites is 1. The van der Waals surface area contributed by atoms with E-state index in [4.69, 9.17) is 4.74 Å². The van der Waals surface area contributed by atoms with Crippen LogP contribution in [0.3, 0.4) is 0 Å². The highest BCUT2D eigenvalue weighted by Gasteiger charge is 2.42. The molecule has 2 N–H and O–H groups in total. The molecule has 4 rings (SSSR count). The fourth-order valence-corrected chi connectivity index (χ4v) is 3.79. The van der Waals surface area contributed by atoms with Gasteiger partial charge in [-0.1, -0.05) is 30.3 Å². The molecule has 2 unspecified atom stereocenters. The highest BCUT2D eigenvalue weighted by Crippen LogP contribution is 2.45. The Kier molecular flexibility index (Phi) is 5.74. The number of halogens is 3. The van der Waals surface area contributed by atoms with Crippen molar-refractivity contribution < 1.29 is 22.6 Å². The van der Waals surface area contributed by atoms with E-state index < -0.39 is 6.36 Å². The molecule has 0 bridgehead atoms. The average molecular weight is 419 g/mol. The van der Waals surface area contributed by atoms with E-state index in [0.29, 0.717) is 18.1 Å². The largest absolute Gasteiger partial charge is 0.573 e. The number of alkyl halides is 3. The molecular weight excluding hydrogens is 395 g/mol. The molecule has 1 fully saturated rings. The Labute approximate surface area is 173 Å². The first-order chi connectivity index (χ1) is 14.4. The molecular formula is C22H24F3N3O2. The van der Waals surface area contributed by atoms with Gasteiger partial charge in [0.1, 0.15) is 11.5 Å². The minimum Gasteiger partial charge on any atom is -0.493 e. The number of guanidine groups is 1. The van der Waals surface area contributed by atoms with Crippen molar-refractivity contribution in [2.75, 3.05) is 20.2 Å². The van der Waals surface area contributed by atoms with Gasteiger partial charge in [-0.05, 0) is 41.7 Å². The van der Waals surface area contributed by atoms with E-state index in [0.717, 1.165) is 31.6 Å². The molecule has 0 saturated heterocycles. The van der Waals surface area contributed by atoms with Gasteiger partial charge in [-0.25, -0.2) is 0 Å². The van der Waals surface area contributed by atoms with Crippen molar-refractivity contribution in [2.24, 2.45) is 4.99 Å². The van der Waals surface area contributed by atoms with Crippen LogP contribution >= 0.6 is 0 Å². The fourth-order valence-electron chi connectivity index (χ4n) is 3.79. The SMILES string of the molecule is CN=C(NCCc1ccc2c(c1)CCO2)NC1CC1c1ccccc1OC(F)(F)F. The minimum atomic E-state index is -4.70. The summed E-state index contributed by atoms with van der Waals surface area (Å²) in [5.74, 6) is 1.43. The van der Waals surface area contributed by atoms with Gasteiger partial charge >= 0.3 is 6.36 Å². The molecule has 0 spiro atoms. The van der Waals surface area contributed by atoms with Crippen molar-refractivity contribution in [1.82, 2.24) is 10.6 Å². The van der Waals surface area contributed by atoms with Crippen LogP contribution in [0.15, 0.2) is 47.5 Å². The fraction of sp³-hybridized carbons (Fsp3) is 0.409. The number of ether oxygens (including phenoxy) is 2. The molecule has 2 aliphatic rings. The lowest BCUT2D eigenvalue weighted by Crippen LogP contribution is -2.40. The highest BCUT2D eigenvalue weighted by atomic mass is 19.4. The third-order valence-electron chi connectivity index (χ3n) is 5.34. The van der Waals surface area contributed by atoms with Gasteiger partial charge in [0, 0.05) is 32.0 Å². The Morgan fingerprint density at radius 2 is 2.07 bits per heavy atom. The third kappa shape index (κ3) is 4.98. The summed E-state index contributed by atoms with van der Waals surface area (Å²) in [7, 11) is 1.68. The molecule has 0 radical (unpaired) electrons. The summed E-state index contributed by atoms with van der Waals surface area (Å²) in [6.07, 6.45) is -2.19. The lowest BCUT2D eigenvalue weighted by molar-refractivity contribution is -0.274. The molecule has 160 valence electrons. The number of benzene rings is 2. The van der Waals surface area contributed by atoms with E-state index in [9.17, 15) is 13.2 Å². The standard InChI is InChI=1S/C22H24F3N3O2/c1-26-21(27-10-8-14-6-7-19-15(12-14)9-11-29-19)28-18-13-17(18)16-4-2-3-5-20(16)30-22(23,24)25/h2-7,12,17-18H,8-11,13H2,1H3,(H2,26,27,28). The topological polar surface area (TPSA) is 54.9 Å². The predicted octanol–water partition coefficient (Wildman–Crippen LogP) is 3.78. The Morgan fingerprint density at radius 1 is 1.23 bits per heavy atom. The maximum Gasteiger partial charge on any atom is 0.573 e. The number of nitrogens with one attached hydrogen (secondary N) is 2. The van der Waals surface area contributed by atoms with Crippen LogP contribution in [0.1, 0.15) is 29.0 Å². The molecule has 1 aliphatic carbocycles. The molecule has 0 amide bonds. The summed E-state index contributed by atoms with van der Waals surface area (Å²) < 4.78 is 47.6. The van der Waals surface area contributed by atoms with E-state index in [1.54, 1.807) is 25.2 Å². The second kappa shape index (κ2) is 8.45. The molecule has 1 saturated carbocycles. The average Bonchev–Trinajstić information content (AvgIpc) is 3.30. The lowest BCUT2D eigenvalue weighted by atomic mass is 10.1. The zero-order chi connectivity index (χ0) is 21.1. The molecule has 5 nitrogen and oxygen atoms in total. The Hall–Kier alpha value is -2.90. The molecule has 1 aliphatic heterocycles. The summed E-state index contributed by atoms with van der Waals surface area (Å²) >= 11 is 0. The van der Waals surface area contributed by atoms with Crippen LogP contribution in [-0.4, -0.2) is 38.6 Å². The molecule has 2 atom stereocenters. The van der Waals surface area contributed by atoms with Crippen LogP contribution in [-0.2, 0) is 12.8 Å². The first-order valence-corrected chi connectivity index (χ1v) is 9.99. The van der Waals surface area contributed by atoms with Gasteiger partial charge < -0.3 is 20.1 Å². The van der Waals surface area contributed by atoms with Crippen LogP contribution in [0.25, 0.3) is 0 Å². The van der Waals surface area contributed by atoms with Gasteiger partial charge in [0.2, 0.25) is 0 Å². The second-order valence-electron chi connectivity index (χ2n) is 7.47. The Balaban J connectivity index is 1.29. The van der Waals surface area contributed by atoms with Crippen molar-refractivity contribution in [3.63, 3.8) is 0 Å². The van der Waals surface area contributed by atoms with Crippen LogP contribution < -0.4 is 20.1 Å². The molecule has 2 aromatic carbocycles. The number of hydrogen-bond donors (Lipinski definition) is 2. The van der Waals surface area contributed by atoms with Crippen molar-refractivity contribution in [3.05, 3.63) is 59.2 Å². The Bertz CT molecular complexity index is 930. The maximum absolute atomic E-state index is 12.6. The first kappa shape index (κ1) is 20.4. The number of hydrogen-bond acceptors (Lipinski definition) is 3. The Morgan fingerprint density at radius 3 is 2.87 bits per heavy atom. The zero-order valence-electron chi connectivity index (χ0n) is 16.6. The molecule has 30 heavy (non-hydrogen) atoms. The van der Waals surface area contributed by atoms with Gasteiger partial charge in [0.15, 0.2) is 5.96 Å². The van der Waals surface area contributed by atoms with Gasteiger partial charge in [-0.2, -0.15) is 0 Å². The number of nitrogens with zero attached hydrogens (tertiary/aromatic N) is 1. The monoisotopic (exact) mass is 419 g/mol. The van der Waals surface area contributed by atoms with Crippen molar-refractivity contribution >= 4 is 5.96 Å². The lowest BCUT2D eigenvalue weighted by Gasteiger charge is -2.14. The van der Waals surface area contributed by atoms with Crippen molar-refractivity contribution in [3.8, 4) is 11.5 Å². The quantitative estimate of drug-likeness (QED) is 0.553. The maximum atomic E-state index is 12.6. The van der Waals surface area contributed by atoms with Gasteiger partial charge in [-0.3, -0.25) is 4.99 Å². The molecule has 8 heteroatoms. The van der Waals surface area contributed by atoms with E-state index in [1.807, 2.05) is 6.07 Å². The summed E-state index contributed by atoms with van der Waals surface area (Å²) in [4.78, 5) is 4.23. The number of fused-ring (bicyclic) bond motifs is 1.